The SMILES string of the molecule is COc1ccc(Cl)cc1NC(=O)C12C[C@@H]3C[C@@H](C1)CC(c1ccc(C)cc1)(C3)C2. The molecule has 2 aromatic rings. The van der Waals surface area contributed by atoms with Gasteiger partial charge < -0.3 is 10.1 Å². The van der Waals surface area contributed by atoms with Crippen molar-refractivity contribution < 1.29 is 9.53 Å². The molecule has 4 fully saturated rings. The van der Waals surface area contributed by atoms with Gasteiger partial charge in [-0.2, -0.15) is 0 Å². The lowest BCUT2D eigenvalue weighted by atomic mass is 9.42. The number of hydrogen-bond donors (Lipinski definition) is 1. The fourth-order valence-corrected chi connectivity index (χ4v) is 6.98. The van der Waals surface area contributed by atoms with E-state index in [9.17, 15) is 4.79 Å². The average molecular weight is 410 g/mol. The number of rotatable bonds is 4. The summed E-state index contributed by atoms with van der Waals surface area (Å²) < 4.78 is 5.45. The van der Waals surface area contributed by atoms with E-state index in [1.807, 2.05) is 6.07 Å². The molecule has 4 aliphatic carbocycles. The first-order chi connectivity index (χ1) is 13.9. The van der Waals surface area contributed by atoms with Crippen LogP contribution in [0.5, 0.6) is 5.75 Å². The highest BCUT2D eigenvalue weighted by Gasteiger charge is 2.60. The summed E-state index contributed by atoms with van der Waals surface area (Å²) in [6.45, 7) is 2.14. The van der Waals surface area contributed by atoms with Crippen molar-refractivity contribution in [1.29, 1.82) is 0 Å². The van der Waals surface area contributed by atoms with E-state index in [1.54, 1.807) is 19.2 Å². The second kappa shape index (κ2) is 6.77. The van der Waals surface area contributed by atoms with Crippen LogP contribution in [0, 0.1) is 24.2 Å². The highest BCUT2D eigenvalue weighted by atomic mass is 35.5. The van der Waals surface area contributed by atoms with Gasteiger partial charge in [0, 0.05) is 5.02 Å². The molecule has 152 valence electrons. The first-order valence-electron chi connectivity index (χ1n) is 10.6. The zero-order valence-electron chi connectivity index (χ0n) is 17.1. The Morgan fingerprint density at radius 2 is 1.76 bits per heavy atom. The molecule has 1 amide bonds. The molecule has 3 nitrogen and oxygen atoms in total. The summed E-state index contributed by atoms with van der Waals surface area (Å²) in [5, 5.41) is 3.79. The van der Waals surface area contributed by atoms with Gasteiger partial charge in [0.15, 0.2) is 0 Å². The van der Waals surface area contributed by atoms with Gasteiger partial charge >= 0.3 is 0 Å². The fourth-order valence-electron chi connectivity index (χ4n) is 6.81. The van der Waals surface area contributed by atoms with Gasteiger partial charge in [0.1, 0.15) is 5.75 Å². The van der Waals surface area contributed by atoms with Gasteiger partial charge in [-0.25, -0.2) is 0 Å². The second-order valence-corrected chi connectivity index (χ2v) is 10.1. The van der Waals surface area contributed by atoms with Gasteiger partial charge in [-0.1, -0.05) is 41.4 Å². The molecule has 0 unspecified atom stereocenters. The minimum absolute atomic E-state index is 0.142. The lowest BCUT2D eigenvalue weighted by Gasteiger charge is -2.61. The molecular weight excluding hydrogens is 382 g/mol. The van der Waals surface area contributed by atoms with Crippen LogP contribution in [0.4, 0.5) is 5.69 Å². The van der Waals surface area contributed by atoms with E-state index in [0.717, 1.165) is 19.3 Å². The monoisotopic (exact) mass is 409 g/mol. The maximum Gasteiger partial charge on any atom is 0.230 e. The zero-order valence-corrected chi connectivity index (χ0v) is 17.9. The van der Waals surface area contributed by atoms with Gasteiger partial charge in [0.05, 0.1) is 18.2 Å². The minimum Gasteiger partial charge on any atom is -0.495 e. The van der Waals surface area contributed by atoms with Gasteiger partial charge in [0.25, 0.3) is 0 Å². The number of benzene rings is 2. The van der Waals surface area contributed by atoms with E-state index >= 15 is 0 Å². The predicted octanol–water partition coefficient (Wildman–Crippen LogP) is 6.13. The molecule has 0 radical (unpaired) electrons. The summed E-state index contributed by atoms with van der Waals surface area (Å²) in [5.74, 6) is 2.08. The Morgan fingerprint density at radius 1 is 1.07 bits per heavy atom. The predicted molar refractivity (Wildman–Crippen MR) is 117 cm³/mol. The number of amides is 1. The van der Waals surface area contributed by atoms with Crippen LogP contribution in [0.1, 0.15) is 49.7 Å². The molecule has 4 saturated carbocycles. The molecule has 4 heteroatoms. The van der Waals surface area contributed by atoms with Gasteiger partial charge in [-0.3, -0.25) is 4.79 Å². The average Bonchev–Trinajstić information content (AvgIpc) is 2.67. The van der Waals surface area contributed by atoms with Crippen LogP contribution in [0.3, 0.4) is 0 Å². The third-order valence-corrected chi connectivity index (χ3v) is 7.85. The maximum atomic E-state index is 13.7. The lowest BCUT2D eigenvalue weighted by Crippen LogP contribution is -2.58. The molecular formula is C25H28ClNO2. The Balaban J connectivity index is 1.48. The molecule has 4 aliphatic rings. The number of carbonyl (C=O) groups is 1. The Kier molecular flexibility index (Phi) is 4.43. The molecule has 0 heterocycles. The number of methoxy groups -OCH3 is 1. The van der Waals surface area contributed by atoms with Crippen molar-refractivity contribution in [2.24, 2.45) is 17.3 Å². The van der Waals surface area contributed by atoms with Gasteiger partial charge in [-0.05, 0) is 86.5 Å². The van der Waals surface area contributed by atoms with Crippen molar-refractivity contribution in [2.75, 3.05) is 12.4 Å². The summed E-state index contributed by atoms with van der Waals surface area (Å²) in [5.41, 5.74) is 3.24. The van der Waals surface area contributed by atoms with E-state index < -0.39 is 0 Å². The third-order valence-electron chi connectivity index (χ3n) is 7.62. The molecule has 0 aromatic heterocycles. The van der Waals surface area contributed by atoms with Crippen molar-refractivity contribution in [3.8, 4) is 5.75 Å². The minimum atomic E-state index is -0.289. The summed E-state index contributed by atoms with van der Waals surface area (Å²) in [6, 6.07) is 14.4. The molecule has 6 rings (SSSR count). The molecule has 0 spiro atoms. The van der Waals surface area contributed by atoms with Crippen LogP contribution < -0.4 is 10.1 Å². The maximum absolute atomic E-state index is 13.7. The molecule has 4 bridgehead atoms. The van der Waals surface area contributed by atoms with E-state index in [-0.39, 0.29) is 16.7 Å². The van der Waals surface area contributed by atoms with Gasteiger partial charge in [-0.15, -0.1) is 0 Å². The van der Waals surface area contributed by atoms with Crippen molar-refractivity contribution in [3.05, 3.63) is 58.6 Å². The molecule has 2 aromatic carbocycles. The first-order valence-corrected chi connectivity index (χ1v) is 11.0. The summed E-state index contributed by atoms with van der Waals surface area (Å²) in [6.07, 6.45) is 6.69. The molecule has 0 saturated heterocycles. The summed E-state index contributed by atoms with van der Waals surface area (Å²) in [7, 11) is 1.62. The number of anilines is 1. The van der Waals surface area contributed by atoms with E-state index in [0.29, 0.717) is 28.3 Å². The Morgan fingerprint density at radius 3 is 2.41 bits per heavy atom. The van der Waals surface area contributed by atoms with Crippen LogP contribution >= 0.6 is 11.6 Å². The van der Waals surface area contributed by atoms with Crippen molar-refractivity contribution >= 4 is 23.2 Å². The second-order valence-electron chi connectivity index (χ2n) is 9.69. The lowest BCUT2D eigenvalue weighted by molar-refractivity contribution is -0.143. The topological polar surface area (TPSA) is 38.3 Å². The Labute approximate surface area is 177 Å². The van der Waals surface area contributed by atoms with Gasteiger partial charge in [0.2, 0.25) is 5.91 Å². The van der Waals surface area contributed by atoms with Crippen LogP contribution in [0.15, 0.2) is 42.5 Å². The smallest absolute Gasteiger partial charge is 0.230 e. The largest absolute Gasteiger partial charge is 0.495 e. The number of halogens is 1. The molecule has 2 atom stereocenters. The third kappa shape index (κ3) is 3.15. The van der Waals surface area contributed by atoms with Crippen molar-refractivity contribution in [1.82, 2.24) is 0 Å². The molecule has 0 aliphatic heterocycles. The quantitative estimate of drug-likeness (QED) is 0.659. The number of hydrogen-bond acceptors (Lipinski definition) is 2. The van der Waals surface area contributed by atoms with Crippen LogP contribution in [-0.4, -0.2) is 13.0 Å². The zero-order chi connectivity index (χ0) is 20.2. The number of carbonyl (C=O) groups excluding carboxylic acids is 1. The van der Waals surface area contributed by atoms with Crippen LogP contribution in [0.2, 0.25) is 5.02 Å². The standard InChI is InChI=1S/C25H28ClNO2/c1-16-3-5-19(6-4-16)24-11-17-9-18(12-24)14-25(13-17,15-24)23(28)27-21-10-20(26)7-8-22(21)29-2/h3-8,10,17-18H,9,11-15H2,1-2H3,(H,27,28)/t17-,18-,24?,25?/m1/s1. The highest BCUT2D eigenvalue weighted by Crippen LogP contribution is 2.66. The van der Waals surface area contributed by atoms with Crippen molar-refractivity contribution in [3.63, 3.8) is 0 Å². The van der Waals surface area contributed by atoms with Crippen molar-refractivity contribution in [2.45, 2.75) is 50.9 Å². The number of nitrogens with one attached hydrogen (secondary N) is 1. The Hall–Kier alpha value is -2.00. The van der Waals surface area contributed by atoms with E-state index in [2.05, 4.69) is 36.5 Å². The molecule has 29 heavy (non-hydrogen) atoms. The fraction of sp³-hybridized carbons (Fsp3) is 0.480. The number of aryl methyl sites for hydroxylation is 1. The van der Waals surface area contributed by atoms with Crippen LogP contribution in [0.25, 0.3) is 0 Å². The highest BCUT2D eigenvalue weighted by molar-refractivity contribution is 6.31. The molecule has 1 N–H and O–H groups in total. The summed E-state index contributed by atoms with van der Waals surface area (Å²) in [4.78, 5) is 13.7. The first kappa shape index (κ1) is 19.0. The Bertz CT molecular complexity index is 938. The number of ether oxygens (including phenoxy) is 1. The normalized spacial score (nSPS) is 32.2. The van der Waals surface area contributed by atoms with E-state index in [4.69, 9.17) is 16.3 Å². The van der Waals surface area contributed by atoms with E-state index in [1.165, 1.54) is 30.4 Å². The van der Waals surface area contributed by atoms with Crippen LogP contribution in [-0.2, 0) is 10.2 Å². The summed E-state index contributed by atoms with van der Waals surface area (Å²) >= 11 is 6.18.